The highest BCUT2D eigenvalue weighted by Crippen LogP contribution is 2.29. The number of para-hydroxylation sites is 1. The largest absolute Gasteiger partial charge is 0.381 e. The molecule has 1 fully saturated rings. The third kappa shape index (κ3) is 3.82. The number of pyridine rings is 1. The molecule has 6 nitrogen and oxygen atoms in total. The first kappa shape index (κ1) is 19.4. The van der Waals surface area contributed by atoms with Crippen LogP contribution in [0.5, 0.6) is 0 Å². The number of hydrogen-bond donors (Lipinski definition) is 1. The number of anilines is 1. The van der Waals surface area contributed by atoms with E-state index < -0.39 is 10.0 Å². The monoisotopic (exact) mass is 406 g/mol. The van der Waals surface area contributed by atoms with Crippen molar-refractivity contribution in [2.75, 3.05) is 18.4 Å². The van der Waals surface area contributed by atoms with Crippen molar-refractivity contribution in [3.63, 3.8) is 0 Å². The van der Waals surface area contributed by atoms with Gasteiger partial charge >= 0.3 is 0 Å². The minimum Gasteiger partial charge on any atom is -0.381 e. The summed E-state index contributed by atoms with van der Waals surface area (Å²) in [5.41, 5.74) is 3.13. The van der Waals surface area contributed by atoms with E-state index in [0.717, 1.165) is 22.2 Å². The van der Waals surface area contributed by atoms with Crippen molar-refractivity contribution in [3.8, 4) is 6.07 Å². The van der Waals surface area contributed by atoms with Crippen LogP contribution in [0, 0.1) is 18.3 Å². The molecule has 148 valence electrons. The Kier molecular flexibility index (Phi) is 5.22. The maximum absolute atomic E-state index is 12.9. The molecule has 0 bridgehead atoms. The Morgan fingerprint density at radius 1 is 1.10 bits per heavy atom. The lowest BCUT2D eigenvalue weighted by atomic mass is 10.0. The summed E-state index contributed by atoms with van der Waals surface area (Å²) in [6.07, 6.45) is 2.93. The standard InChI is InChI=1S/C22H22N4O2S/c1-16-6-8-19(9-7-16)29(27,28)26-12-10-18(11-13-26)25-22-17(14-23)15-24-21-5-3-2-4-20(21)22/h2-9,15,18H,10-13H2,1H3,(H,24,25). The van der Waals surface area contributed by atoms with Gasteiger partial charge in [-0.3, -0.25) is 4.98 Å². The van der Waals surface area contributed by atoms with Crippen molar-refractivity contribution in [2.45, 2.75) is 30.7 Å². The molecule has 0 radical (unpaired) electrons. The maximum atomic E-state index is 12.9. The Labute approximate surface area is 170 Å². The number of aryl methyl sites for hydroxylation is 1. The van der Waals surface area contributed by atoms with E-state index in [0.29, 0.717) is 36.4 Å². The molecule has 7 heteroatoms. The topological polar surface area (TPSA) is 86.1 Å². The number of benzene rings is 2. The molecule has 29 heavy (non-hydrogen) atoms. The summed E-state index contributed by atoms with van der Waals surface area (Å²) in [5.74, 6) is 0. The molecule has 1 aliphatic heterocycles. The Morgan fingerprint density at radius 2 is 1.79 bits per heavy atom. The zero-order valence-corrected chi connectivity index (χ0v) is 17.0. The predicted octanol–water partition coefficient (Wildman–Crippen LogP) is 3.68. The number of piperidine rings is 1. The number of sulfonamides is 1. The second kappa shape index (κ2) is 7.82. The van der Waals surface area contributed by atoms with E-state index in [-0.39, 0.29) is 6.04 Å². The third-order valence-corrected chi connectivity index (χ3v) is 7.27. The molecule has 0 spiro atoms. The Bertz CT molecular complexity index is 1180. The van der Waals surface area contributed by atoms with Gasteiger partial charge in [0.1, 0.15) is 6.07 Å². The zero-order chi connectivity index (χ0) is 20.4. The summed E-state index contributed by atoms with van der Waals surface area (Å²) in [6, 6.07) is 17.0. The van der Waals surface area contributed by atoms with Crippen LogP contribution < -0.4 is 5.32 Å². The van der Waals surface area contributed by atoms with E-state index in [1.54, 1.807) is 22.6 Å². The number of rotatable bonds is 4. The lowest BCUT2D eigenvalue weighted by Gasteiger charge is -2.32. The Hall–Kier alpha value is -2.95. The quantitative estimate of drug-likeness (QED) is 0.714. The number of nitrogens with one attached hydrogen (secondary N) is 1. The van der Waals surface area contributed by atoms with Crippen molar-refractivity contribution in [1.29, 1.82) is 5.26 Å². The van der Waals surface area contributed by atoms with Crippen LogP contribution in [-0.4, -0.2) is 36.8 Å². The van der Waals surface area contributed by atoms with Gasteiger partial charge in [0, 0.05) is 30.7 Å². The summed E-state index contributed by atoms with van der Waals surface area (Å²) < 4.78 is 27.3. The van der Waals surface area contributed by atoms with E-state index >= 15 is 0 Å². The van der Waals surface area contributed by atoms with E-state index in [2.05, 4.69) is 16.4 Å². The molecule has 4 rings (SSSR count). The van der Waals surface area contributed by atoms with Gasteiger partial charge in [0.25, 0.3) is 0 Å². The van der Waals surface area contributed by atoms with Crippen LogP contribution in [0.1, 0.15) is 24.0 Å². The van der Waals surface area contributed by atoms with Crippen molar-refractivity contribution in [1.82, 2.24) is 9.29 Å². The van der Waals surface area contributed by atoms with Crippen LogP contribution in [0.3, 0.4) is 0 Å². The summed E-state index contributed by atoms with van der Waals surface area (Å²) in [5, 5.41) is 13.9. The number of aromatic nitrogens is 1. The molecule has 1 aliphatic rings. The van der Waals surface area contributed by atoms with Crippen LogP contribution in [0.4, 0.5) is 5.69 Å². The second-order valence-electron chi connectivity index (χ2n) is 7.31. The van der Waals surface area contributed by atoms with Crippen molar-refractivity contribution >= 4 is 26.6 Å². The van der Waals surface area contributed by atoms with Gasteiger partial charge in [-0.2, -0.15) is 9.57 Å². The molecule has 0 atom stereocenters. The lowest BCUT2D eigenvalue weighted by molar-refractivity contribution is 0.330. The lowest BCUT2D eigenvalue weighted by Crippen LogP contribution is -2.42. The first-order chi connectivity index (χ1) is 14.0. The molecular formula is C22H22N4O2S. The third-order valence-electron chi connectivity index (χ3n) is 5.36. The molecule has 3 aromatic rings. The van der Waals surface area contributed by atoms with Crippen LogP contribution >= 0.6 is 0 Å². The number of hydrogen-bond acceptors (Lipinski definition) is 5. The molecule has 1 saturated heterocycles. The van der Waals surface area contributed by atoms with Gasteiger partial charge < -0.3 is 5.32 Å². The fourth-order valence-electron chi connectivity index (χ4n) is 3.69. The SMILES string of the molecule is Cc1ccc(S(=O)(=O)N2CCC(Nc3c(C#N)cnc4ccccc34)CC2)cc1. The average Bonchev–Trinajstić information content (AvgIpc) is 2.75. The summed E-state index contributed by atoms with van der Waals surface area (Å²) in [7, 11) is -3.48. The molecule has 2 heterocycles. The van der Waals surface area contributed by atoms with Gasteiger partial charge in [-0.05, 0) is 38.0 Å². The normalized spacial score (nSPS) is 15.9. The van der Waals surface area contributed by atoms with Crippen LogP contribution in [-0.2, 0) is 10.0 Å². The Balaban J connectivity index is 1.51. The zero-order valence-electron chi connectivity index (χ0n) is 16.2. The van der Waals surface area contributed by atoms with E-state index in [1.165, 1.54) is 0 Å². The molecule has 0 unspecified atom stereocenters. The molecule has 0 amide bonds. The summed E-state index contributed by atoms with van der Waals surface area (Å²) in [6.45, 7) is 2.82. The van der Waals surface area contributed by atoms with E-state index in [1.807, 2.05) is 43.3 Å². The minimum atomic E-state index is -3.48. The first-order valence-corrected chi connectivity index (χ1v) is 11.0. The molecular weight excluding hydrogens is 384 g/mol. The molecule has 2 aromatic carbocycles. The van der Waals surface area contributed by atoms with Gasteiger partial charge in [-0.15, -0.1) is 0 Å². The van der Waals surface area contributed by atoms with Gasteiger partial charge in [0.05, 0.1) is 21.7 Å². The van der Waals surface area contributed by atoms with Gasteiger partial charge in [0.2, 0.25) is 10.0 Å². The van der Waals surface area contributed by atoms with Crippen molar-refractivity contribution < 1.29 is 8.42 Å². The van der Waals surface area contributed by atoms with Gasteiger partial charge in [-0.1, -0.05) is 35.9 Å². The number of fused-ring (bicyclic) bond motifs is 1. The highest BCUT2D eigenvalue weighted by Gasteiger charge is 2.29. The predicted molar refractivity (Wildman–Crippen MR) is 113 cm³/mol. The first-order valence-electron chi connectivity index (χ1n) is 9.60. The molecule has 1 aromatic heterocycles. The maximum Gasteiger partial charge on any atom is 0.243 e. The molecule has 0 saturated carbocycles. The fourth-order valence-corrected chi connectivity index (χ4v) is 5.16. The van der Waals surface area contributed by atoms with Crippen LogP contribution in [0.2, 0.25) is 0 Å². The highest BCUT2D eigenvalue weighted by atomic mass is 32.2. The van der Waals surface area contributed by atoms with E-state index in [4.69, 9.17) is 0 Å². The summed E-state index contributed by atoms with van der Waals surface area (Å²) >= 11 is 0. The smallest absolute Gasteiger partial charge is 0.243 e. The number of nitrogens with zero attached hydrogens (tertiary/aromatic N) is 3. The van der Waals surface area contributed by atoms with Gasteiger partial charge in [-0.25, -0.2) is 8.42 Å². The second-order valence-corrected chi connectivity index (χ2v) is 9.25. The minimum absolute atomic E-state index is 0.0948. The van der Waals surface area contributed by atoms with Crippen LogP contribution in [0.15, 0.2) is 59.6 Å². The van der Waals surface area contributed by atoms with Crippen LogP contribution in [0.25, 0.3) is 10.9 Å². The van der Waals surface area contributed by atoms with Crippen molar-refractivity contribution in [3.05, 3.63) is 65.9 Å². The number of nitriles is 1. The van der Waals surface area contributed by atoms with Crippen molar-refractivity contribution in [2.24, 2.45) is 0 Å². The highest BCUT2D eigenvalue weighted by molar-refractivity contribution is 7.89. The fraction of sp³-hybridized carbons (Fsp3) is 0.273. The van der Waals surface area contributed by atoms with E-state index in [9.17, 15) is 13.7 Å². The summed E-state index contributed by atoms with van der Waals surface area (Å²) in [4.78, 5) is 4.67. The molecule has 0 aliphatic carbocycles. The van der Waals surface area contributed by atoms with Gasteiger partial charge in [0.15, 0.2) is 0 Å². The molecule has 1 N–H and O–H groups in total. The Morgan fingerprint density at radius 3 is 2.48 bits per heavy atom. The average molecular weight is 407 g/mol.